The number of aryl methyl sites for hydroxylation is 1. The van der Waals surface area contributed by atoms with Gasteiger partial charge in [-0.15, -0.1) is 0 Å². The molecule has 3 rings (SSSR count). The van der Waals surface area contributed by atoms with Gasteiger partial charge in [0.1, 0.15) is 0 Å². The van der Waals surface area contributed by atoms with Crippen LogP contribution in [0.2, 0.25) is 0 Å². The first kappa shape index (κ1) is 14.6. The highest BCUT2D eigenvalue weighted by Crippen LogP contribution is 2.45. The second-order valence-corrected chi connectivity index (χ2v) is 5.58. The molecule has 0 atom stereocenters. The second kappa shape index (κ2) is 6.18. The zero-order valence-electron chi connectivity index (χ0n) is 12.9. The molecule has 2 aromatic rings. The van der Waals surface area contributed by atoms with Gasteiger partial charge in [0.15, 0.2) is 0 Å². The van der Waals surface area contributed by atoms with E-state index in [2.05, 4.69) is 17.2 Å². The number of benzene rings is 1. The van der Waals surface area contributed by atoms with Crippen LogP contribution in [0.3, 0.4) is 0 Å². The molecular formula is C18H20N2O2. The maximum absolute atomic E-state index is 12.1. The second-order valence-electron chi connectivity index (χ2n) is 5.58. The Balaban J connectivity index is 1.94. The lowest BCUT2D eigenvalue weighted by Gasteiger charge is -2.15. The van der Waals surface area contributed by atoms with Gasteiger partial charge in [-0.3, -0.25) is 4.98 Å². The van der Waals surface area contributed by atoms with Crippen LogP contribution in [-0.2, 0) is 4.74 Å². The van der Waals surface area contributed by atoms with Crippen molar-refractivity contribution in [1.29, 1.82) is 0 Å². The first-order chi connectivity index (χ1) is 10.7. The van der Waals surface area contributed by atoms with Crippen LogP contribution in [-0.4, -0.2) is 17.6 Å². The molecule has 1 aliphatic rings. The maximum Gasteiger partial charge on any atom is 0.340 e. The third-order valence-corrected chi connectivity index (χ3v) is 3.86. The zero-order chi connectivity index (χ0) is 15.5. The quantitative estimate of drug-likeness (QED) is 0.841. The highest BCUT2D eigenvalue weighted by atomic mass is 16.5. The lowest BCUT2D eigenvalue weighted by atomic mass is 10.0. The monoisotopic (exact) mass is 296 g/mol. The van der Waals surface area contributed by atoms with Gasteiger partial charge in [0.25, 0.3) is 0 Å². The first-order valence-electron chi connectivity index (χ1n) is 7.68. The number of carbonyl (C=O) groups is 1. The predicted molar refractivity (Wildman–Crippen MR) is 86.6 cm³/mol. The normalized spacial score (nSPS) is 13.7. The summed E-state index contributed by atoms with van der Waals surface area (Å²) in [6.07, 6.45) is 6.18. The van der Waals surface area contributed by atoms with Gasteiger partial charge in [-0.25, -0.2) is 4.79 Å². The van der Waals surface area contributed by atoms with E-state index in [9.17, 15) is 4.79 Å². The van der Waals surface area contributed by atoms with E-state index in [-0.39, 0.29) is 5.97 Å². The Morgan fingerprint density at radius 1 is 1.27 bits per heavy atom. The number of ether oxygens (including phenoxy) is 1. The first-order valence-corrected chi connectivity index (χ1v) is 7.68. The number of hydrogen-bond acceptors (Lipinski definition) is 4. The Morgan fingerprint density at radius 3 is 2.77 bits per heavy atom. The van der Waals surface area contributed by atoms with Gasteiger partial charge < -0.3 is 10.1 Å². The molecule has 0 bridgehead atoms. The molecule has 1 saturated carbocycles. The van der Waals surface area contributed by atoms with E-state index in [0.717, 1.165) is 11.4 Å². The number of para-hydroxylation sites is 1. The molecule has 1 N–H and O–H groups in total. The van der Waals surface area contributed by atoms with Gasteiger partial charge in [-0.2, -0.15) is 0 Å². The summed E-state index contributed by atoms with van der Waals surface area (Å²) < 4.78 is 5.13. The lowest BCUT2D eigenvalue weighted by molar-refractivity contribution is 0.0527. The molecule has 4 nitrogen and oxygen atoms in total. The molecule has 0 radical (unpaired) electrons. The van der Waals surface area contributed by atoms with E-state index in [1.807, 2.05) is 37.5 Å². The predicted octanol–water partition coefficient (Wildman–Crippen LogP) is 4.19. The smallest absolute Gasteiger partial charge is 0.340 e. The van der Waals surface area contributed by atoms with Gasteiger partial charge in [0.05, 0.1) is 29.7 Å². The molecule has 0 unspecified atom stereocenters. The van der Waals surface area contributed by atoms with Gasteiger partial charge in [0, 0.05) is 6.20 Å². The molecule has 22 heavy (non-hydrogen) atoms. The van der Waals surface area contributed by atoms with Crippen LogP contribution in [0.25, 0.3) is 0 Å². The van der Waals surface area contributed by atoms with E-state index >= 15 is 0 Å². The van der Waals surface area contributed by atoms with Crippen LogP contribution in [0.1, 0.15) is 47.2 Å². The van der Waals surface area contributed by atoms with Crippen molar-refractivity contribution in [3.63, 3.8) is 0 Å². The number of nitrogens with zero attached hydrogens (tertiary/aromatic N) is 1. The highest BCUT2D eigenvalue weighted by molar-refractivity contribution is 5.96. The summed E-state index contributed by atoms with van der Waals surface area (Å²) in [5.41, 5.74) is 4.80. The summed E-state index contributed by atoms with van der Waals surface area (Å²) in [5.74, 6) is 0.305. The van der Waals surface area contributed by atoms with Gasteiger partial charge in [-0.1, -0.05) is 12.1 Å². The van der Waals surface area contributed by atoms with E-state index in [0.29, 0.717) is 18.1 Å². The SMILES string of the molecule is CCOC(=O)c1ccccc1Nc1cncc(C)c1C1CC1. The van der Waals surface area contributed by atoms with E-state index in [4.69, 9.17) is 4.74 Å². The van der Waals surface area contributed by atoms with E-state index < -0.39 is 0 Å². The average molecular weight is 296 g/mol. The van der Waals surface area contributed by atoms with Crippen LogP contribution in [0.4, 0.5) is 11.4 Å². The van der Waals surface area contributed by atoms with Crippen molar-refractivity contribution in [3.8, 4) is 0 Å². The minimum Gasteiger partial charge on any atom is -0.462 e. The van der Waals surface area contributed by atoms with Crippen LogP contribution in [0, 0.1) is 6.92 Å². The van der Waals surface area contributed by atoms with Crippen molar-refractivity contribution in [3.05, 3.63) is 53.3 Å². The average Bonchev–Trinajstić information content (AvgIpc) is 3.33. The van der Waals surface area contributed by atoms with E-state index in [1.54, 1.807) is 6.07 Å². The molecule has 114 valence electrons. The zero-order valence-corrected chi connectivity index (χ0v) is 12.9. The van der Waals surface area contributed by atoms with Crippen molar-refractivity contribution >= 4 is 17.3 Å². The third kappa shape index (κ3) is 2.96. The molecule has 4 heteroatoms. The van der Waals surface area contributed by atoms with Gasteiger partial charge >= 0.3 is 5.97 Å². The molecule has 1 fully saturated rings. The summed E-state index contributed by atoms with van der Waals surface area (Å²) in [5, 5.41) is 3.38. The molecule has 0 aliphatic heterocycles. The number of esters is 1. The number of carbonyl (C=O) groups excluding carboxylic acids is 1. The molecule has 0 spiro atoms. The minimum absolute atomic E-state index is 0.306. The van der Waals surface area contributed by atoms with Crippen LogP contribution in [0.5, 0.6) is 0 Å². The fourth-order valence-electron chi connectivity index (χ4n) is 2.71. The molecular weight excluding hydrogens is 276 g/mol. The van der Waals surface area contributed by atoms with Gasteiger partial charge in [0.2, 0.25) is 0 Å². The fourth-order valence-corrected chi connectivity index (χ4v) is 2.71. The topological polar surface area (TPSA) is 51.2 Å². The molecule has 1 heterocycles. The van der Waals surface area contributed by atoms with Crippen LogP contribution >= 0.6 is 0 Å². The van der Waals surface area contributed by atoms with E-state index in [1.165, 1.54) is 24.0 Å². The fraction of sp³-hybridized carbons (Fsp3) is 0.333. The largest absolute Gasteiger partial charge is 0.462 e. The van der Waals surface area contributed by atoms with Crippen molar-refractivity contribution in [2.45, 2.75) is 32.6 Å². The molecule has 0 saturated heterocycles. The lowest BCUT2D eigenvalue weighted by Crippen LogP contribution is -2.08. The summed E-state index contributed by atoms with van der Waals surface area (Å²) in [7, 11) is 0. The van der Waals surface area contributed by atoms with Crippen LogP contribution < -0.4 is 5.32 Å². The highest BCUT2D eigenvalue weighted by Gasteiger charge is 2.28. The van der Waals surface area contributed by atoms with Crippen molar-refractivity contribution in [2.75, 3.05) is 11.9 Å². The number of anilines is 2. The Hall–Kier alpha value is -2.36. The van der Waals surface area contributed by atoms with Crippen molar-refractivity contribution in [1.82, 2.24) is 4.98 Å². The summed E-state index contributed by atoms with van der Waals surface area (Å²) in [4.78, 5) is 16.4. The van der Waals surface area contributed by atoms with Crippen molar-refractivity contribution < 1.29 is 9.53 Å². The van der Waals surface area contributed by atoms with Crippen LogP contribution in [0.15, 0.2) is 36.7 Å². The Labute approximate surface area is 130 Å². The molecule has 0 amide bonds. The molecule has 1 aromatic carbocycles. The number of aromatic nitrogens is 1. The summed E-state index contributed by atoms with van der Waals surface area (Å²) in [6, 6.07) is 7.42. The minimum atomic E-state index is -0.306. The molecule has 1 aromatic heterocycles. The number of rotatable bonds is 5. The van der Waals surface area contributed by atoms with Crippen molar-refractivity contribution in [2.24, 2.45) is 0 Å². The van der Waals surface area contributed by atoms with Gasteiger partial charge in [-0.05, 0) is 55.9 Å². The third-order valence-electron chi connectivity index (χ3n) is 3.86. The Kier molecular flexibility index (Phi) is 4.09. The Morgan fingerprint density at radius 2 is 2.05 bits per heavy atom. The Bertz CT molecular complexity index is 693. The maximum atomic E-state index is 12.1. The number of hydrogen-bond donors (Lipinski definition) is 1. The standard InChI is InChI=1S/C18H20N2O2/c1-3-22-18(21)14-6-4-5-7-15(14)20-16-11-19-10-12(2)17(16)13-8-9-13/h4-7,10-11,13,20H,3,8-9H2,1-2H3. The number of nitrogens with one attached hydrogen (secondary N) is 1. The molecule has 1 aliphatic carbocycles. The number of pyridine rings is 1. The summed E-state index contributed by atoms with van der Waals surface area (Å²) in [6.45, 7) is 4.26. The summed E-state index contributed by atoms with van der Waals surface area (Å²) >= 11 is 0.